The summed E-state index contributed by atoms with van der Waals surface area (Å²) in [5, 5.41) is 23.9. The van der Waals surface area contributed by atoms with E-state index < -0.39 is 18.0 Å². The lowest BCUT2D eigenvalue weighted by Crippen LogP contribution is -2.44. The Balaban J connectivity index is 1.41. The number of aromatic nitrogens is 1. The molecule has 7 N–H and O–H groups in total. The molecule has 3 heterocycles. The number of carboxylic acids is 1. The number of aryl methyl sites for hydroxylation is 1. The lowest BCUT2D eigenvalue weighted by atomic mass is 10.0. The number of carbonyl (C=O) groups excluding carboxylic acids is 1. The van der Waals surface area contributed by atoms with Crippen LogP contribution in [-0.4, -0.2) is 52.7 Å². The van der Waals surface area contributed by atoms with Crippen molar-refractivity contribution in [3.8, 4) is 0 Å². The number of hydrogen-bond acceptors (Lipinski definition) is 8. The number of rotatable bonds is 9. The largest absolute Gasteiger partial charge is 0.478 e. The van der Waals surface area contributed by atoms with Crippen LogP contribution < -0.4 is 21.7 Å². The first-order valence-corrected chi connectivity index (χ1v) is 12.6. The van der Waals surface area contributed by atoms with E-state index in [1.54, 1.807) is 12.1 Å². The number of nitrogens with zero attached hydrogens (tertiary/aromatic N) is 2. The van der Waals surface area contributed by atoms with E-state index in [9.17, 15) is 14.7 Å². The van der Waals surface area contributed by atoms with Gasteiger partial charge in [0.05, 0.1) is 17.4 Å². The molecule has 0 aliphatic carbocycles. The number of anilines is 2. The predicted molar refractivity (Wildman–Crippen MR) is 138 cm³/mol. The maximum absolute atomic E-state index is 11.8. The number of piperidine rings is 1. The molecule has 4 rings (SSSR count). The number of carboxylic acid groups (broad SMARTS) is 1. The highest BCUT2D eigenvalue weighted by molar-refractivity contribution is 7.21. The Bertz CT molecular complexity index is 1240. The maximum atomic E-state index is 11.8. The first-order chi connectivity index (χ1) is 16.8. The number of primary amides is 1. The van der Waals surface area contributed by atoms with Crippen molar-refractivity contribution in [3.63, 3.8) is 0 Å². The summed E-state index contributed by atoms with van der Waals surface area (Å²) in [5.74, 6) is -0.662. The molecular formula is C25H31N5O4S. The topological polar surface area (TPSA) is 155 Å². The zero-order valence-corrected chi connectivity index (χ0v) is 20.5. The number of aliphatic hydroxyl groups is 1. The first-order valence-electron chi connectivity index (χ1n) is 11.8. The number of thiophene rings is 1. The minimum Gasteiger partial charge on any atom is -0.478 e. The van der Waals surface area contributed by atoms with Gasteiger partial charge in [0, 0.05) is 31.1 Å². The summed E-state index contributed by atoms with van der Waals surface area (Å²) in [6.45, 7) is 4.06. The third-order valence-electron chi connectivity index (χ3n) is 6.45. The van der Waals surface area contributed by atoms with Gasteiger partial charge in [-0.25, -0.2) is 9.78 Å². The Morgan fingerprint density at radius 2 is 2.03 bits per heavy atom. The van der Waals surface area contributed by atoms with Gasteiger partial charge in [-0.15, -0.1) is 11.3 Å². The normalized spacial score (nSPS) is 15.4. The number of fused-ring (bicyclic) bond motifs is 1. The van der Waals surface area contributed by atoms with E-state index in [0.29, 0.717) is 22.7 Å². The summed E-state index contributed by atoms with van der Waals surface area (Å²) in [4.78, 5) is 31.1. The molecule has 1 atom stereocenters. The smallest absolute Gasteiger partial charge is 0.335 e. The lowest BCUT2D eigenvalue weighted by Gasteiger charge is -2.34. The first kappa shape index (κ1) is 24.9. The van der Waals surface area contributed by atoms with Crippen molar-refractivity contribution in [3.05, 3.63) is 51.9 Å². The van der Waals surface area contributed by atoms with E-state index in [-0.39, 0.29) is 11.6 Å². The summed E-state index contributed by atoms with van der Waals surface area (Å²) in [6, 6.07) is 8.71. The number of benzene rings is 1. The summed E-state index contributed by atoms with van der Waals surface area (Å²) in [7, 11) is 0. The Kier molecular flexibility index (Phi) is 7.54. The summed E-state index contributed by atoms with van der Waals surface area (Å²) < 4.78 is 0. The summed E-state index contributed by atoms with van der Waals surface area (Å²) >= 11 is 1.25. The van der Waals surface area contributed by atoms with Crippen LogP contribution in [0.15, 0.2) is 30.3 Å². The maximum Gasteiger partial charge on any atom is 0.335 e. The van der Waals surface area contributed by atoms with Gasteiger partial charge in [0.1, 0.15) is 15.5 Å². The molecule has 1 aliphatic rings. The molecule has 35 heavy (non-hydrogen) atoms. The molecule has 0 spiro atoms. The van der Waals surface area contributed by atoms with Gasteiger partial charge in [0.25, 0.3) is 5.91 Å². The Labute approximate surface area is 207 Å². The molecular weight excluding hydrogens is 466 g/mol. The molecule has 0 saturated carbocycles. The number of pyridine rings is 1. The average molecular weight is 498 g/mol. The molecule has 0 bridgehead atoms. The van der Waals surface area contributed by atoms with Gasteiger partial charge in [0.15, 0.2) is 0 Å². The third-order valence-corrected chi connectivity index (χ3v) is 7.56. The fourth-order valence-electron chi connectivity index (χ4n) is 4.58. The number of nitrogen functional groups attached to an aromatic ring is 1. The van der Waals surface area contributed by atoms with Crippen molar-refractivity contribution in [2.24, 2.45) is 5.73 Å². The SMILES string of the molecule is CCCc1cc(N2CCC(NCC(O)c3cccc(C(=O)O)c3)CC2)nc2sc(C(N)=O)c(N)c12. The van der Waals surface area contributed by atoms with E-state index in [0.717, 1.165) is 60.4 Å². The van der Waals surface area contributed by atoms with Crippen LogP contribution >= 0.6 is 11.3 Å². The standard InChI is InChI=1S/C25H31N5O4S/c1-2-4-15-12-19(29-24-20(15)21(26)22(35-24)23(27)32)30-9-7-17(8-10-30)28-13-18(31)14-5-3-6-16(11-14)25(33)34/h3,5-6,11-12,17-18,28,31H,2,4,7-10,13,26H2,1H3,(H2,27,32)(H,33,34). The molecule has 1 unspecified atom stereocenters. The van der Waals surface area contributed by atoms with Crippen LogP contribution in [0.2, 0.25) is 0 Å². The highest BCUT2D eigenvalue weighted by Crippen LogP contribution is 2.37. The number of carbonyl (C=O) groups is 2. The lowest BCUT2D eigenvalue weighted by molar-refractivity contribution is 0.0696. The molecule has 1 aromatic carbocycles. The molecule has 186 valence electrons. The van der Waals surface area contributed by atoms with E-state index in [4.69, 9.17) is 21.6 Å². The minimum atomic E-state index is -1.01. The molecule has 1 aliphatic heterocycles. The van der Waals surface area contributed by atoms with Crippen molar-refractivity contribution < 1.29 is 19.8 Å². The van der Waals surface area contributed by atoms with Crippen LogP contribution in [0.3, 0.4) is 0 Å². The second-order valence-electron chi connectivity index (χ2n) is 8.89. The Morgan fingerprint density at radius 3 is 2.69 bits per heavy atom. The van der Waals surface area contributed by atoms with Crippen molar-refractivity contribution in [1.29, 1.82) is 0 Å². The van der Waals surface area contributed by atoms with Crippen LogP contribution in [0.1, 0.15) is 63.4 Å². The van der Waals surface area contributed by atoms with Crippen LogP contribution in [0, 0.1) is 0 Å². The Hall–Kier alpha value is -3.21. The monoisotopic (exact) mass is 497 g/mol. The molecule has 2 aromatic heterocycles. The van der Waals surface area contributed by atoms with Gasteiger partial charge in [-0.3, -0.25) is 4.79 Å². The van der Waals surface area contributed by atoms with Gasteiger partial charge in [-0.2, -0.15) is 0 Å². The fraction of sp³-hybridized carbons (Fsp3) is 0.400. The van der Waals surface area contributed by atoms with Crippen molar-refractivity contribution >= 4 is 44.9 Å². The average Bonchev–Trinajstić information content (AvgIpc) is 3.20. The number of hydrogen-bond donors (Lipinski definition) is 5. The number of amides is 1. The van der Waals surface area contributed by atoms with E-state index in [1.165, 1.54) is 23.5 Å². The predicted octanol–water partition coefficient (Wildman–Crippen LogP) is 2.92. The van der Waals surface area contributed by atoms with Gasteiger partial charge >= 0.3 is 5.97 Å². The van der Waals surface area contributed by atoms with Crippen LogP contribution in [0.4, 0.5) is 11.5 Å². The van der Waals surface area contributed by atoms with Gasteiger partial charge in [-0.1, -0.05) is 25.5 Å². The van der Waals surface area contributed by atoms with Crippen molar-refractivity contribution in [1.82, 2.24) is 10.3 Å². The molecule has 0 radical (unpaired) electrons. The highest BCUT2D eigenvalue weighted by Gasteiger charge is 2.24. The number of aliphatic hydroxyl groups excluding tert-OH is 1. The van der Waals surface area contributed by atoms with E-state index >= 15 is 0 Å². The van der Waals surface area contributed by atoms with Gasteiger partial charge in [-0.05, 0) is 48.6 Å². The van der Waals surface area contributed by atoms with Gasteiger partial charge in [0.2, 0.25) is 0 Å². The number of nitrogens with one attached hydrogen (secondary N) is 1. The fourth-order valence-corrected chi connectivity index (χ4v) is 5.57. The number of aromatic carboxylic acids is 1. The van der Waals surface area contributed by atoms with Crippen molar-refractivity contribution in [2.75, 3.05) is 30.3 Å². The zero-order valence-electron chi connectivity index (χ0n) is 19.7. The highest BCUT2D eigenvalue weighted by atomic mass is 32.1. The van der Waals surface area contributed by atoms with E-state index in [2.05, 4.69) is 23.2 Å². The summed E-state index contributed by atoms with van der Waals surface area (Å²) in [5.41, 5.74) is 14.0. The molecule has 3 aromatic rings. The zero-order chi connectivity index (χ0) is 25.1. The number of nitrogens with two attached hydrogens (primary N) is 2. The molecule has 1 amide bonds. The third kappa shape index (κ3) is 5.39. The van der Waals surface area contributed by atoms with E-state index in [1.807, 2.05) is 0 Å². The van der Waals surface area contributed by atoms with Crippen molar-refractivity contribution in [2.45, 2.75) is 44.8 Å². The molecule has 1 fully saturated rings. The van der Waals surface area contributed by atoms with Crippen LogP contribution in [0.5, 0.6) is 0 Å². The Morgan fingerprint density at radius 1 is 1.29 bits per heavy atom. The minimum absolute atomic E-state index is 0.164. The quantitative estimate of drug-likeness (QED) is 0.302. The summed E-state index contributed by atoms with van der Waals surface area (Å²) in [6.07, 6.45) is 2.76. The van der Waals surface area contributed by atoms with Crippen LogP contribution in [0.25, 0.3) is 10.2 Å². The molecule has 9 nitrogen and oxygen atoms in total. The molecule has 10 heteroatoms. The second kappa shape index (κ2) is 10.6. The van der Waals surface area contributed by atoms with Gasteiger partial charge < -0.3 is 31.9 Å². The molecule has 1 saturated heterocycles. The van der Waals surface area contributed by atoms with Crippen LogP contribution in [-0.2, 0) is 6.42 Å². The second-order valence-corrected chi connectivity index (χ2v) is 9.89.